The van der Waals surface area contributed by atoms with Crippen molar-refractivity contribution in [2.24, 2.45) is 0 Å². The number of carbonyl (C=O) groups is 1. The fraction of sp³-hybridized carbons (Fsp3) is 0.353. The zero-order valence-corrected chi connectivity index (χ0v) is 13.6. The molecule has 24 heavy (non-hydrogen) atoms. The second-order valence-corrected chi connectivity index (χ2v) is 5.60. The summed E-state index contributed by atoms with van der Waals surface area (Å²) in [6, 6.07) is 7.04. The first-order chi connectivity index (χ1) is 11.4. The number of rotatable bonds is 6. The van der Waals surface area contributed by atoms with Crippen LogP contribution in [0.4, 0.5) is 4.39 Å². The fourth-order valence-corrected chi connectivity index (χ4v) is 2.33. The molecule has 1 aromatic heterocycles. The van der Waals surface area contributed by atoms with Crippen LogP contribution in [0.15, 0.2) is 35.1 Å². The third-order valence-electron chi connectivity index (χ3n) is 3.58. The maximum absolute atomic E-state index is 14.0. The predicted molar refractivity (Wildman–Crippen MR) is 87.8 cm³/mol. The normalized spacial score (nSPS) is 12.0. The van der Waals surface area contributed by atoms with Crippen LogP contribution in [0.1, 0.15) is 35.9 Å². The summed E-state index contributed by atoms with van der Waals surface area (Å²) in [6.07, 6.45) is 1.12. The molecule has 1 aromatic carbocycles. The molecular formula is C17H20FN3O3. The van der Waals surface area contributed by atoms with Crippen LogP contribution in [0.3, 0.4) is 0 Å². The second kappa shape index (κ2) is 7.83. The molecule has 2 N–H and O–H groups in total. The molecule has 1 heterocycles. The lowest BCUT2D eigenvalue weighted by Gasteiger charge is -2.14. The molecule has 7 heteroatoms. The van der Waals surface area contributed by atoms with Crippen molar-refractivity contribution in [2.45, 2.75) is 32.7 Å². The summed E-state index contributed by atoms with van der Waals surface area (Å²) in [5, 5.41) is 15.5. The molecule has 0 bridgehead atoms. The Morgan fingerprint density at radius 3 is 2.79 bits per heavy atom. The molecule has 0 aliphatic carbocycles. The number of para-hydroxylation sites is 1. The Bertz CT molecular complexity index is 789. The quantitative estimate of drug-likeness (QED) is 0.840. The van der Waals surface area contributed by atoms with Crippen LogP contribution in [0, 0.1) is 12.7 Å². The summed E-state index contributed by atoms with van der Waals surface area (Å²) in [5.41, 5.74) is -0.223. The molecule has 0 saturated carbocycles. The molecule has 1 amide bonds. The Hall–Kier alpha value is -2.54. The SMILES string of the molecule is Cc1cc(=O)c(C(=O)NC(C)CCCO)nn1-c1ccccc1F. The summed E-state index contributed by atoms with van der Waals surface area (Å²) in [4.78, 5) is 24.4. The lowest BCUT2D eigenvalue weighted by molar-refractivity contribution is 0.0928. The van der Waals surface area contributed by atoms with Gasteiger partial charge in [0, 0.05) is 24.4 Å². The van der Waals surface area contributed by atoms with Gasteiger partial charge in [0.25, 0.3) is 5.91 Å². The van der Waals surface area contributed by atoms with Crippen LogP contribution >= 0.6 is 0 Å². The third kappa shape index (κ3) is 4.05. The molecule has 0 aliphatic heterocycles. The molecule has 128 valence electrons. The summed E-state index contributed by atoms with van der Waals surface area (Å²) in [7, 11) is 0. The number of nitrogens with zero attached hydrogens (tertiary/aromatic N) is 2. The van der Waals surface area contributed by atoms with Crippen LogP contribution in [0.2, 0.25) is 0 Å². The largest absolute Gasteiger partial charge is 0.396 e. The molecule has 2 aromatic rings. The van der Waals surface area contributed by atoms with Crippen LogP contribution in [0.5, 0.6) is 0 Å². The zero-order chi connectivity index (χ0) is 17.7. The van der Waals surface area contributed by atoms with E-state index in [0.29, 0.717) is 18.5 Å². The van der Waals surface area contributed by atoms with Crippen molar-refractivity contribution >= 4 is 5.91 Å². The molecule has 0 aliphatic rings. The van der Waals surface area contributed by atoms with E-state index in [-0.39, 0.29) is 24.0 Å². The molecule has 1 unspecified atom stereocenters. The minimum absolute atomic E-state index is 0.0308. The second-order valence-electron chi connectivity index (χ2n) is 5.60. The number of nitrogens with one attached hydrogen (secondary N) is 1. The Kier molecular flexibility index (Phi) is 5.81. The van der Waals surface area contributed by atoms with Gasteiger partial charge in [0.15, 0.2) is 5.69 Å². The van der Waals surface area contributed by atoms with Crippen molar-refractivity contribution in [3.8, 4) is 5.69 Å². The van der Waals surface area contributed by atoms with Gasteiger partial charge in [-0.3, -0.25) is 9.59 Å². The van der Waals surface area contributed by atoms with E-state index in [9.17, 15) is 14.0 Å². The van der Waals surface area contributed by atoms with Gasteiger partial charge in [0.1, 0.15) is 11.5 Å². The maximum atomic E-state index is 14.0. The lowest BCUT2D eigenvalue weighted by atomic mass is 10.2. The molecule has 0 radical (unpaired) electrons. The average Bonchev–Trinajstić information content (AvgIpc) is 2.54. The number of aryl methyl sites for hydroxylation is 1. The number of hydrogen-bond acceptors (Lipinski definition) is 4. The summed E-state index contributed by atoms with van der Waals surface area (Å²) in [5.74, 6) is -1.12. The molecular weight excluding hydrogens is 313 g/mol. The van der Waals surface area contributed by atoms with Crippen LogP contribution in [0.25, 0.3) is 5.69 Å². The van der Waals surface area contributed by atoms with Gasteiger partial charge >= 0.3 is 0 Å². The molecule has 0 fully saturated rings. The molecule has 2 rings (SSSR count). The molecule has 6 nitrogen and oxygen atoms in total. The number of halogens is 1. The molecule has 0 spiro atoms. The van der Waals surface area contributed by atoms with E-state index in [1.807, 2.05) is 0 Å². The Balaban J connectivity index is 2.35. The van der Waals surface area contributed by atoms with Crippen molar-refractivity contribution in [3.05, 3.63) is 57.8 Å². The highest BCUT2D eigenvalue weighted by Gasteiger charge is 2.18. The highest BCUT2D eigenvalue weighted by Crippen LogP contribution is 2.13. The number of benzene rings is 1. The van der Waals surface area contributed by atoms with Gasteiger partial charge in [-0.2, -0.15) is 5.10 Å². The number of aromatic nitrogens is 2. The van der Waals surface area contributed by atoms with Gasteiger partial charge in [-0.1, -0.05) is 12.1 Å². The highest BCUT2D eigenvalue weighted by molar-refractivity contribution is 5.92. The van der Waals surface area contributed by atoms with Gasteiger partial charge in [-0.05, 0) is 38.8 Å². The Morgan fingerprint density at radius 2 is 2.12 bits per heavy atom. The monoisotopic (exact) mass is 333 g/mol. The third-order valence-corrected chi connectivity index (χ3v) is 3.58. The van der Waals surface area contributed by atoms with E-state index >= 15 is 0 Å². The smallest absolute Gasteiger partial charge is 0.276 e. The number of amides is 1. The van der Waals surface area contributed by atoms with Crippen LogP contribution in [-0.4, -0.2) is 33.4 Å². The van der Waals surface area contributed by atoms with Gasteiger partial charge in [-0.15, -0.1) is 0 Å². The van der Waals surface area contributed by atoms with Gasteiger partial charge < -0.3 is 10.4 Å². The standard InChI is InChI=1S/C17H20FN3O3/c1-11(6-5-9-22)19-17(24)16-15(23)10-12(2)21(20-16)14-8-4-3-7-13(14)18/h3-4,7-8,10-11,22H,5-6,9H2,1-2H3,(H,19,24). The van der Waals surface area contributed by atoms with E-state index in [4.69, 9.17) is 5.11 Å². The van der Waals surface area contributed by atoms with Crippen LogP contribution in [-0.2, 0) is 0 Å². The fourth-order valence-electron chi connectivity index (χ4n) is 2.33. The van der Waals surface area contributed by atoms with Crippen molar-refractivity contribution < 1.29 is 14.3 Å². The zero-order valence-electron chi connectivity index (χ0n) is 13.6. The minimum atomic E-state index is -0.615. The summed E-state index contributed by atoms with van der Waals surface area (Å²) >= 11 is 0. The van der Waals surface area contributed by atoms with E-state index < -0.39 is 17.2 Å². The van der Waals surface area contributed by atoms with E-state index in [2.05, 4.69) is 10.4 Å². The first-order valence-electron chi connectivity index (χ1n) is 7.71. The number of aliphatic hydroxyl groups is 1. The minimum Gasteiger partial charge on any atom is -0.396 e. The Morgan fingerprint density at radius 1 is 1.42 bits per heavy atom. The number of hydrogen-bond donors (Lipinski definition) is 2. The van der Waals surface area contributed by atoms with Crippen LogP contribution < -0.4 is 10.7 Å². The van der Waals surface area contributed by atoms with E-state index in [1.54, 1.807) is 26.0 Å². The number of carbonyl (C=O) groups excluding carboxylic acids is 1. The van der Waals surface area contributed by atoms with E-state index in [1.165, 1.54) is 22.9 Å². The van der Waals surface area contributed by atoms with Crippen molar-refractivity contribution in [2.75, 3.05) is 6.61 Å². The average molecular weight is 333 g/mol. The van der Waals surface area contributed by atoms with Gasteiger partial charge in [0.05, 0.1) is 0 Å². The first kappa shape index (κ1) is 17.8. The topological polar surface area (TPSA) is 84.2 Å². The summed E-state index contributed by atoms with van der Waals surface area (Å²) in [6.45, 7) is 3.42. The lowest BCUT2D eigenvalue weighted by Crippen LogP contribution is -2.37. The Labute approximate surface area is 138 Å². The molecule has 1 atom stereocenters. The van der Waals surface area contributed by atoms with Gasteiger partial charge in [0.2, 0.25) is 5.43 Å². The van der Waals surface area contributed by atoms with Crippen molar-refractivity contribution in [3.63, 3.8) is 0 Å². The van der Waals surface area contributed by atoms with E-state index in [0.717, 1.165) is 0 Å². The van der Waals surface area contributed by atoms with Crippen molar-refractivity contribution in [1.29, 1.82) is 0 Å². The first-order valence-corrected chi connectivity index (χ1v) is 7.71. The summed E-state index contributed by atoms with van der Waals surface area (Å²) < 4.78 is 15.2. The molecule has 0 saturated heterocycles. The van der Waals surface area contributed by atoms with Crippen molar-refractivity contribution in [1.82, 2.24) is 15.1 Å². The highest BCUT2D eigenvalue weighted by atomic mass is 19.1. The maximum Gasteiger partial charge on any atom is 0.276 e. The predicted octanol–water partition coefficient (Wildman–Crippen LogP) is 1.57. The number of aliphatic hydroxyl groups excluding tert-OH is 1. The van der Waals surface area contributed by atoms with Gasteiger partial charge in [-0.25, -0.2) is 9.07 Å².